The highest BCUT2D eigenvalue weighted by atomic mass is 32.2. The number of hydrogen-bond acceptors (Lipinski definition) is 2. The van der Waals surface area contributed by atoms with Crippen LogP contribution >= 0.6 is 0 Å². The molecule has 0 aromatic heterocycles. The number of nitrogens with one attached hydrogen (secondary N) is 1. The summed E-state index contributed by atoms with van der Waals surface area (Å²) in [5, 5.41) is 3.61. The van der Waals surface area contributed by atoms with Crippen LogP contribution in [0.1, 0.15) is 44.9 Å². The summed E-state index contributed by atoms with van der Waals surface area (Å²) in [7, 11) is -0.795. The first-order valence-electron chi connectivity index (χ1n) is 7.12. The molecule has 0 spiro atoms. The molecule has 0 aliphatic carbocycles. The minimum absolute atomic E-state index is 0.130. The molecule has 2 nitrogen and oxygen atoms in total. The molecular weight excluding hydrogens is 254 g/mol. The zero-order chi connectivity index (χ0) is 14.4. The minimum atomic E-state index is -0.795. The van der Waals surface area contributed by atoms with Crippen molar-refractivity contribution < 1.29 is 4.21 Å². The summed E-state index contributed by atoms with van der Waals surface area (Å²) in [4.78, 5) is 0. The summed E-state index contributed by atoms with van der Waals surface area (Å²) >= 11 is 0. The Morgan fingerprint density at radius 2 is 1.74 bits per heavy atom. The Hall–Kier alpha value is -0.670. The second kappa shape index (κ2) is 7.81. The topological polar surface area (TPSA) is 29.1 Å². The molecule has 3 unspecified atom stereocenters. The van der Waals surface area contributed by atoms with Crippen LogP contribution in [0.4, 0.5) is 0 Å². The zero-order valence-electron chi connectivity index (χ0n) is 12.8. The normalized spacial score (nSPS) is 16.3. The van der Waals surface area contributed by atoms with Gasteiger partial charge in [0.2, 0.25) is 0 Å². The fourth-order valence-corrected chi connectivity index (χ4v) is 3.70. The van der Waals surface area contributed by atoms with Gasteiger partial charge in [-0.2, -0.15) is 0 Å². The second-order valence-corrected chi connectivity index (χ2v) is 7.43. The quantitative estimate of drug-likeness (QED) is 0.829. The lowest BCUT2D eigenvalue weighted by molar-refractivity contribution is 0.533. The Morgan fingerprint density at radius 1 is 1.16 bits per heavy atom. The third-order valence-corrected chi connectivity index (χ3v) is 5.34. The van der Waals surface area contributed by atoms with Crippen LogP contribution < -0.4 is 5.32 Å². The fraction of sp³-hybridized carbons (Fsp3) is 0.625. The van der Waals surface area contributed by atoms with Crippen molar-refractivity contribution in [1.82, 2.24) is 5.32 Å². The monoisotopic (exact) mass is 281 g/mol. The maximum absolute atomic E-state index is 12.4. The number of rotatable bonds is 7. The first-order chi connectivity index (χ1) is 8.95. The fourth-order valence-electron chi connectivity index (χ4n) is 2.18. The first kappa shape index (κ1) is 16.4. The van der Waals surface area contributed by atoms with Gasteiger partial charge in [0, 0.05) is 22.6 Å². The van der Waals surface area contributed by atoms with Crippen LogP contribution in [0.25, 0.3) is 0 Å². The van der Waals surface area contributed by atoms with Crippen molar-refractivity contribution in [3.63, 3.8) is 0 Å². The Labute approximate surface area is 120 Å². The largest absolute Gasteiger partial charge is 0.309 e. The van der Waals surface area contributed by atoms with Gasteiger partial charge in [-0.25, -0.2) is 0 Å². The average molecular weight is 281 g/mol. The highest BCUT2D eigenvalue weighted by Crippen LogP contribution is 2.22. The first-order valence-corrected chi connectivity index (χ1v) is 8.51. The molecular formula is C16H27NOS. The maximum Gasteiger partial charge on any atom is 0.0514 e. The predicted molar refractivity (Wildman–Crippen MR) is 84.9 cm³/mol. The number of hydrogen-bond donors (Lipinski definition) is 1. The van der Waals surface area contributed by atoms with Crippen molar-refractivity contribution >= 4 is 10.8 Å². The van der Waals surface area contributed by atoms with E-state index in [2.05, 4.69) is 64.2 Å². The Bertz CT molecular complexity index is 400. The van der Waals surface area contributed by atoms with Crippen molar-refractivity contribution in [3.8, 4) is 0 Å². The molecule has 1 aromatic carbocycles. The molecule has 0 radical (unpaired) electrons. The van der Waals surface area contributed by atoms with Gasteiger partial charge in [-0.15, -0.1) is 0 Å². The van der Waals surface area contributed by atoms with E-state index < -0.39 is 10.8 Å². The lowest BCUT2D eigenvalue weighted by Crippen LogP contribution is -2.34. The standard InChI is InChI=1S/C16H27NOS/c1-6-17-16(14(5)19(18)11-12(2)3)15-9-7-13(4)8-10-15/h7-10,12,14,16-17H,6,11H2,1-5H3. The van der Waals surface area contributed by atoms with Gasteiger partial charge in [0.15, 0.2) is 0 Å². The predicted octanol–water partition coefficient (Wildman–Crippen LogP) is 3.44. The van der Waals surface area contributed by atoms with Crippen molar-refractivity contribution in [2.45, 2.75) is 45.9 Å². The Kier molecular flexibility index (Phi) is 6.73. The van der Waals surface area contributed by atoms with Gasteiger partial charge in [0.1, 0.15) is 0 Å². The molecule has 0 aliphatic rings. The molecule has 3 heteroatoms. The third kappa shape index (κ3) is 5.07. The molecule has 3 atom stereocenters. The summed E-state index contributed by atoms with van der Waals surface area (Å²) in [6, 6.07) is 8.71. The van der Waals surface area contributed by atoms with E-state index in [0.29, 0.717) is 5.92 Å². The molecule has 1 N–H and O–H groups in total. The Balaban J connectivity index is 2.87. The van der Waals surface area contributed by atoms with Gasteiger partial charge in [-0.1, -0.05) is 50.6 Å². The van der Waals surface area contributed by atoms with Crippen LogP contribution in [-0.2, 0) is 10.8 Å². The highest BCUT2D eigenvalue weighted by molar-refractivity contribution is 7.85. The zero-order valence-corrected chi connectivity index (χ0v) is 13.6. The van der Waals surface area contributed by atoms with E-state index in [1.165, 1.54) is 11.1 Å². The number of benzene rings is 1. The van der Waals surface area contributed by atoms with Gasteiger partial charge < -0.3 is 5.32 Å². The molecule has 1 aromatic rings. The van der Waals surface area contributed by atoms with Gasteiger partial charge in [-0.3, -0.25) is 4.21 Å². The third-order valence-electron chi connectivity index (χ3n) is 3.24. The molecule has 0 saturated carbocycles. The molecule has 19 heavy (non-hydrogen) atoms. The van der Waals surface area contributed by atoms with E-state index in [0.717, 1.165) is 12.3 Å². The second-order valence-electron chi connectivity index (χ2n) is 5.59. The summed E-state index contributed by atoms with van der Waals surface area (Å²) in [6.07, 6.45) is 0. The van der Waals surface area contributed by atoms with Crippen LogP contribution in [0.3, 0.4) is 0 Å². The SMILES string of the molecule is CCNC(c1ccc(C)cc1)C(C)S(=O)CC(C)C. The molecule has 0 bridgehead atoms. The van der Waals surface area contributed by atoms with E-state index in [9.17, 15) is 4.21 Å². The van der Waals surface area contributed by atoms with E-state index in [1.54, 1.807) is 0 Å². The Morgan fingerprint density at radius 3 is 2.21 bits per heavy atom. The van der Waals surface area contributed by atoms with E-state index in [4.69, 9.17) is 0 Å². The van der Waals surface area contributed by atoms with Crippen LogP contribution in [0.2, 0.25) is 0 Å². The van der Waals surface area contributed by atoms with E-state index in [-0.39, 0.29) is 11.3 Å². The minimum Gasteiger partial charge on any atom is -0.309 e. The lowest BCUT2D eigenvalue weighted by Gasteiger charge is -2.25. The van der Waals surface area contributed by atoms with Crippen LogP contribution in [0.15, 0.2) is 24.3 Å². The molecule has 108 valence electrons. The van der Waals surface area contributed by atoms with Gasteiger partial charge >= 0.3 is 0 Å². The molecule has 0 heterocycles. The van der Waals surface area contributed by atoms with E-state index in [1.807, 2.05) is 0 Å². The van der Waals surface area contributed by atoms with Crippen LogP contribution in [0, 0.1) is 12.8 Å². The summed E-state index contributed by atoms with van der Waals surface area (Å²) < 4.78 is 12.4. The van der Waals surface area contributed by atoms with E-state index >= 15 is 0 Å². The van der Waals surface area contributed by atoms with Crippen LogP contribution in [-0.4, -0.2) is 21.8 Å². The smallest absolute Gasteiger partial charge is 0.0514 e. The van der Waals surface area contributed by atoms with Crippen LogP contribution in [0.5, 0.6) is 0 Å². The molecule has 0 aliphatic heterocycles. The van der Waals surface area contributed by atoms with Crippen molar-refractivity contribution in [2.24, 2.45) is 5.92 Å². The molecule has 1 rings (SSSR count). The number of aryl methyl sites for hydroxylation is 1. The lowest BCUT2D eigenvalue weighted by atomic mass is 10.0. The maximum atomic E-state index is 12.4. The summed E-state index contributed by atoms with van der Waals surface area (Å²) in [5.74, 6) is 1.25. The summed E-state index contributed by atoms with van der Waals surface area (Å²) in [6.45, 7) is 11.4. The average Bonchev–Trinajstić information content (AvgIpc) is 2.35. The molecule has 0 fully saturated rings. The molecule has 0 amide bonds. The van der Waals surface area contributed by atoms with Gasteiger partial charge in [0.05, 0.1) is 5.25 Å². The summed E-state index contributed by atoms with van der Waals surface area (Å²) in [5.41, 5.74) is 2.49. The van der Waals surface area contributed by atoms with Gasteiger partial charge in [0.25, 0.3) is 0 Å². The van der Waals surface area contributed by atoms with Crippen molar-refractivity contribution in [1.29, 1.82) is 0 Å². The highest BCUT2D eigenvalue weighted by Gasteiger charge is 2.23. The molecule has 0 saturated heterocycles. The van der Waals surface area contributed by atoms with Gasteiger partial charge in [-0.05, 0) is 31.9 Å². The van der Waals surface area contributed by atoms with Crippen molar-refractivity contribution in [3.05, 3.63) is 35.4 Å². The van der Waals surface area contributed by atoms with Crippen molar-refractivity contribution in [2.75, 3.05) is 12.3 Å².